The van der Waals surface area contributed by atoms with Crippen molar-refractivity contribution in [2.24, 2.45) is 0 Å². The van der Waals surface area contributed by atoms with Crippen molar-refractivity contribution in [2.45, 2.75) is 13.8 Å². The van der Waals surface area contributed by atoms with Crippen molar-refractivity contribution in [2.75, 3.05) is 5.32 Å². The second-order valence-corrected chi connectivity index (χ2v) is 4.14. The van der Waals surface area contributed by atoms with E-state index in [1.54, 1.807) is 19.9 Å². The molecule has 1 heterocycles. The maximum Gasteiger partial charge on any atom is 0.394 e. The van der Waals surface area contributed by atoms with Crippen LogP contribution in [0, 0.1) is 13.8 Å². The number of aryl methyl sites for hydroxylation is 2. The van der Waals surface area contributed by atoms with Crippen LogP contribution in [0.2, 0.25) is 0 Å². The monoisotopic (exact) mass is 261 g/mol. The number of carbonyl (C=O) groups is 2. The lowest BCUT2D eigenvalue weighted by atomic mass is 10.1. The van der Waals surface area contributed by atoms with Crippen molar-refractivity contribution in [3.63, 3.8) is 0 Å². The number of carboxylic acid groups (broad SMARTS) is 1. The normalized spacial score (nSPS) is 10.4. The first-order valence-electron chi connectivity index (χ1n) is 5.48. The molecule has 0 radical (unpaired) electrons. The highest BCUT2D eigenvalue weighted by molar-refractivity contribution is 6.36. The quantitative estimate of drug-likeness (QED) is 0.757. The van der Waals surface area contributed by atoms with Gasteiger partial charge in [-0.1, -0.05) is 12.1 Å². The van der Waals surface area contributed by atoms with Gasteiger partial charge in [0.2, 0.25) is 5.43 Å². The molecule has 1 aromatic heterocycles. The van der Waals surface area contributed by atoms with E-state index in [2.05, 4.69) is 0 Å². The number of hydrogen-bond donors (Lipinski definition) is 2. The standard InChI is InChI=1S/C13H11NO5/c1-6-3-4-7(2)11-9(6)10(15)8(5-19-11)14-12(16)13(17)18/h3-5H,1-2H3,(H,14,16)(H,17,18). The van der Waals surface area contributed by atoms with Crippen LogP contribution in [0.4, 0.5) is 5.69 Å². The zero-order valence-electron chi connectivity index (χ0n) is 10.3. The predicted molar refractivity (Wildman–Crippen MR) is 68.2 cm³/mol. The van der Waals surface area contributed by atoms with Crippen molar-refractivity contribution in [3.05, 3.63) is 39.7 Å². The van der Waals surface area contributed by atoms with Crippen LogP contribution in [-0.4, -0.2) is 17.0 Å². The molecule has 0 unspecified atom stereocenters. The number of benzene rings is 1. The van der Waals surface area contributed by atoms with Gasteiger partial charge in [0, 0.05) is 0 Å². The van der Waals surface area contributed by atoms with E-state index in [1.807, 2.05) is 11.4 Å². The number of amides is 1. The summed E-state index contributed by atoms with van der Waals surface area (Å²) in [5, 5.41) is 10.8. The van der Waals surface area contributed by atoms with Gasteiger partial charge >= 0.3 is 11.9 Å². The zero-order valence-corrected chi connectivity index (χ0v) is 10.3. The Balaban J connectivity index is 2.65. The molecule has 0 aliphatic heterocycles. The summed E-state index contributed by atoms with van der Waals surface area (Å²) in [6.45, 7) is 3.53. The first-order chi connectivity index (χ1) is 8.91. The molecule has 0 aliphatic rings. The fourth-order valence-electron chi connectivity index (χ4n) is 1.79. The van der Waals surface area contributed by atoms with E-state index < -0.39 is 17.3 Å². The Kier molecular flexibility index (Phi) is 3.08. The van der Waals surface area contributed by atoms with Gasteiger partial charge in [-0.05, 0) is 25.0 Å². The van der Waals surface area contributed by atoms with E-state index in [-0.39, 0.29) is 5.69 Å². The molecule has 2 N–H and O–H groups in total. The summed E-state index contributed by atoms with van der Waals surface area (Å²) in [5.74, 6) is -2.95. The fourth-order valence-corrected chi connectivity index (χ4v) is 1.79. The molecule has 0 atom stereocenters. The maximum atomic E-state index is 12.2. The number of hydrogen-bond acceptors (Lipinski definition) is 4. The molecule has 0 spiro atoms. The largest absolute Gasteiger partial charge is 0.474 e. The van der Waals surface area contributed by atoms with Crippen LogP contribution in [0.25, 0.3) is 11.0 Å². The molecule has 0 saturated carbocycles. The third-order valence-electron chi connectivity index (χ3n) is 2.77. The number of aliphatic carboxylic acids is 1. The second kappa shape index (κ2) is 4.56. The van der Waals surface area contributed by atoms with Crippen molar-refractivity contribution >= 4 is 28.5 Å². The van der Waals surface area contributed by atoms with Gasteiger partial charge in [0.25, 0.3) is 0 Å². The van der Waals surface area contributed by atoms with Crippen LogP contribution in [0.1, 0.15) is 11.1 Å². The van der Waals surface area contributed by atoms with Crippen molar-refractivity contribution in [1.82, 2.24) is 0 Å². The van der Waals surface area contributed by atoms with E-state index in [0.29, 0.717) is 16.5 Å². The summed E-state index contributed by atoms with van der Waals surface area (Å²) < 4.78 is 5.31. The minimum atomic E-state index is -1.67. The molecule has 1 aromatic carbocycles. The lowest BCUT2D eigenvalue weighted by molar-refractivity contribution is -0.147. The molecule has 6 nitrogen and oxygen atoms in total. The smallest absolute Gasteiger partial charge is 0.394 e. The SMILES string of the molecule is Cc1ccc(C)c2c(=O)c(NC(=O)C(=O)O)coc12. The summed E-state index contributed by atoms with van der Waals surface area (Å²) in [6, 6.07) is 3.58. The van der Waals surface area contributed by atoms with Gasteiger partial charge in [0.15, 0.2) is 0 Å². The van der Waals surface area contributed by atoms with Crippen LogP contribution in [0.3, 0.4) is 0 Å². The van der Waals surface area contributed by atoms with E-state index in [4.69, 9.17) is 9.52 Å². The first-order valence-corrected chi connectivity index (χ1v) is 5.48. The van der Waals surface area contributed by atoms with Gasteiger partial charge in [-0.25, -0.2) is 4.79 Å². The number of anilines is 1. The maximum absolute atomic E-state index is 12.2. The summed E-state index contributed by atoms with van der Waals surface area (Å²) in [5.41, 5.74) is 1.26. The number of fused-ring (bicyclic) bond motifs is 1. The molecule has 1 amide bonds. The van der Waals surface area contributed by atoms with Gasteiger partial charge in [-0.3, -0.25) is 9.59 Å². The molecule has 0 fully saturated rings. The number of rotatable bonds is 1. The van der Waals surface area contributed by atoms with Crippen molar-refractivity contribution in [3.8, 4) is 0 Å². The third kappa shape index (κ3) is 2.20. The van der Waals surface area contributed by atoms with E-state index in [0.717, 1.165) is 11.8 Å². The molecule has 2 rings (SSSR count). The number of nitrogens with one attached hydrogen (secondary N) is 1. The highest BCUT2D eigenvalue weighted by atomic mass is 16.4. The van der Waals surface area contributed by atoms with Crippen LogP contribution < -0.4 is 10.7 Å². The number of carboxylic acids is 1. The van der Waals surface area contributed by atoms with Gasteiger partial charge < -0.3 is 14.8 Å². The van der Waals surface area contributed by atoms with Gasteiger partial charge in [-0.2, -0.15) is 0 Å². The first kappa shape index (κ1) is 12.8. The second-order valence-electron chi connectivity index (χ2n) is 4.14. The van der Waals surface area contributed by atoms with Crippen molar-refractivity contribution in [1.29, 1.82) is 0 Å². The molecule has 6 heteroatoms. The Morgan fingerprint density at radius 1 is 1.21 bits per heavy atom. The Morgan fingerprint density at radius 3 is 2.47 bits per heavy atom. The minimum absolute atomic E-state index is 0.186. The molecule has 19 heavy (non-hydrogen) atoms. The van der Waals surface area contributed by atoms with Gasteiger partial charge in [0.1, 0.15) is 17.5 Å². The molecular formula is C13H11NO5. The molecule has 2 aromatic rings. The minimum Gasteiger partial charge on any atom is -0.474 e. The molecule has 0 bridgehead atoms. The van der Waals surface area contributed by atoms with Gasteiger partial charge in [-0.15, -0.1) is 0 Å². The van der Waals surface area contributed by atoms with Crippen LogP contribution >= 0.6 is 0 Å². The fraction of sp³-hybridized carbons (Fsp3) is 0.154. The third-order valence-corrected chi connectivity index (χ3v) is 2.77. The van der Waals surface area contributed by atoms with Crippen LogP contribution in [0.5, 0.6) is 0 Å². The topological polar surface area (TPSA) is 96.6 Å². The Hall–Kier alpha value is -2.63. The Labute approximate surface area is 107 Å². The summed E-state index contributed by atoms with van der Waals surface area (Å²) in [4.78, 5) is 33.7. The highest BCUT2D eigenvalue weighted by Crippen LogP contribution is 2.20. The average Bonchev–Trinajstić information content (AvgIpc) is 2.36. The van der Waals surface area contributed by atoms with E-state index in [1.165, 1.54) is 0 Å². The van der Waals surface area contributed by atoms with Gasteiger partial charge in [0.05, 0.1) is 5.39 Å². The molecule has 0 saturated heterocycles. The van der Waals surface area contributed by atoms with E-state index in [9.17, 15) is 14.4 Å². The zero-order chi connectivity index (χ0) is 14.2. The summed E-state index contributed by atoms with van der Waals surface area (Å²) in [6.07, 6.45) is 1.05. The molecule has 0 aliphatic carbocycles. The Bertz CT molecular complexity index is 745. The van der Waals surface area contributed by atoms with Crippen LogP contribution in [-0.2, 0) is 9.59 Å². The lowest BCUT2D eigenvalue weighted by Crippen LogP contribution is -2.25. The van der Waals surface area contributed by atoms with Crippen molar-refractivity contribution < 1.29 is 19.1 Å². The highest BCUT2D eigenvalue weighted by Gasteiger charge is 2.16. The molecule has 98 valence electrons. The lowest BCUT2D eigenvalue weighted by Gasteiger charge is -2.06. The van der Waals surface area contributed by atoms with E-state index >= 15 is 0 Å². The predicted octanol–water partition coefficient (Wildman–Crippen LogP) is 1.43. The average molecular weight is 261 g/mol. The van der Waals surface area contributed by atoms with Crippen LogP contribution in [0.15, 0.2) is 27.6 Å². The summed E-state index contributed by atoms with van der Waals surface area (Å²) in [7, 11) is 0. The number of carbonyl (C=O) groups excluding carboxylic acids is 1. The molecular weight excluding hydrogens is 250 g/mol. The summed E-state index contributed by atoms with van der Waals surface area (Å²) >= 11 is 0. The Morgan fingerprint density at radius 2 is 1.84 bits per heavy atom.